The maximum Gasteiger partial charge on any atom is 0.306 e. The normalized spacial score (nSPS) is 37.0. The predicted octanol–water partition coefficient (Wildman–Crippen LogP) is 0.498. The number of amides is 1. The molecule has 96 valence electrons. The second kappa shape index (κ2) is 4.64. The molecule has 0 radical (unpaired) electrons. The van der Waals surface area contributed by atoms with Crippen molar-refractivity contribution in [2.24, 2.45) is 5.92 Å². The summed E-state index contributed by atoms with van der Waals surface area (Å²) in [5, 5.41) is 15.1. The van der Waals surface area contributed by atoms with E-state index >= 15 is 0 Å². The van der Waals surface area contributed by atoms with Gasteiger partial charge in [-0.05, 0) is 45.6 Å². The molecule has 5 heteroatoms. The van der Waals surface area contributed by atoms with Gasteiger partial charge in [-0.25, -0.2) is 0 Å². The first-order chi connectivity index (χ1) is 8.01. The first kappa shape index (κ1) is 12.4. The molecule has 0 aromatic carbocycles. The van der Waals surface area contributed by atoms with Crippen LogP contribution in [0.3, 0.4) is 0 Å². The van der Waals surface area contributed by atoms with Crippen LogP contribution in [-0.4, -0.2) is 35.1 Å². The van der Waals surface area contributed by atoms with Crippen LogP contribution < -0.4 is 10.6 Å². The number of aliphatic carboxylic acids is 1. The summed E-state index contributed by atoms with van der Waals surface area (Å²) in [6.07, 6.45) is 3.89. The van der Waals surface area contributed by atoms with Gasteiger partial charge in [0.1, 0.15) is 0 Å². The third-order valence-corrected chi connectivity index (χ3v) is 3.99. The largest absolute Gasteiger partial charge is 0.481 e. The number of nitrogens with one attached hydrogen (secondary N) is 2. The van der Waals surface area contributed by atoms with Gasteiger partial charge in [0.25, 0.3) is 0 Å². The van der Waals surface area contributed by atoms with Crippen molar-refractivity contribution in [2.75, 3.05) is 6.54 Å². The maximum absolute atomic E-state index is 12.1. The highest BCUT2D eigenvalue weighted by atomic mass is 16.4. The summed E-state index contributed by atoms with van der Waals surface area (Å²) < 4.78 is 0. The summed E-state index contributed by atoms with van der Waals surface area (Å²) in [4.78, 5) is 22.9. The number of carboxylic acid groups (broad SMARTS) is 1. The third-order valence-electron chi connectivity index (χ3n) is 3.99. The molecule has 1 saturated heterocycles. The van der Waals surface area contributed by atoms with Crippen molar-refractivity contribution in [1.29, 1.82) is 0 Å². The molecule has 0 bridgehead atoms. The molecule has 5 nitrogen and oxygen atoms in total. The van der Waals surface area contributed by atoms with Gasteiger partial charge < -0.3 is 15.7 Å². The minimum absolute atomic E-state index is 0.0195. The molecule has 17 heavy (non-hydrogen) atoms. The fourth-order valence-electron chi connectivity index (χ4n) is 2.77. The van der Waals surface area contributed by atoms with Crippen molar-refractivity contribution >= 4 is 11.9 Å². The monoisotopic (exact) mass is 240 g/mol. The lowest BCUT2D eigenvalue weighted by Crippen LogP contribution is -2.53. The van der Waals surface area contributed by atoms with Crippen LogP contribution in [0.4, 0.5) is 0 Å². The Morgan fingerprint density at radius 1 is 1.41 bits per heavy atom. The molecule has 3 N–H and O–H groups in total. The van der Waals surface area contributed by atoms with E-state index in [-0.39, 0.29) is 17.9 Å². The van der Waals surface area contributed by atoms with Crippen molar-refractivity contribution in [2.45, 2.75) is 50.6 Å². The van der Waals surface area contributed by atoms with Crippen LogP contribution in [0.1, 0.15) is 39.0 Å². The smallest absolute Gasteiger partial charge is 0.306 e. The zero-order valence-corrected chi connectivity index (χ0v) is 10.2. The summed E-state index contributed by atoms with van der Waals surface area (Å²) in [6.45, 7) is 2.80. The van der Waals surface area contributed by atoms with Crippen LogP contribution in [0.5, 0.6) is 0 Å². The molecule has 0 aromatic heterocycles. The molecule has 1 saturated carbocycles. The van der Waals surface area contributed by atoms with E-state index in [0.717, 1.165) is 25.8 Å². The predicted molar refractivity (Wildman–Crippen MR) is 62.5 cm³/mol. The lowest BCUT2D eigenvalue weighted by molar-refractivity contribution is -0.141. The minimum atomic E-state index is -0.744. The average Bonchev–Trinajstić information content (AvgIpc) is 2.88. The summed E-state index contributed by atoms with van der Waals surface area (Å²) >= 11 is 0. The second-order valence-corrected chi connectivity index (χ2v) is 5.38. The molecular formula is C12H20N2O3. The zero-order chi connectivity index (χ0) is 12.5. The van der Waals surface area contributed by atoms with E-state index in [1.165, 1.54) is 0 Å². The van der Waals surface area contributed by atoms with Gasteiger partial charge in [0.2, 0.25) is 5.91 Å². The van der Waals surface area contributed by atoms with Gasteiger partial charge in [0.05, 0.1) is 11.5 Å². The molecule has 1 aliphatic heterocycles. The topological polar surface area (TPSA) is 78.4 Å². The number of rotatable bonds is 3. The van der Waals surface area contributed by atoms with Gasteiger partial charge in [-0.15, -0.1) is 0 Å². The Kier molecular flexibility index (Phi) is 3.38. The molecule has 2 rings (SSSR count). The van der Waals surface area contributed by atoms with E-state index in [9.17, 15) is 9.59 Å². The van der Waals surface area contributed by atoms with Crippen molar-refractivity contribution in [1.82, 2.24) is 10.6 Å². The summed E-state index contributed by atoms with van der Waals surface area (Å²) in [5.41, 5.74) is -0.457. The van der Waals surface area contributed by atoms with Crippen molar-refractivity contribution in [3.05, 3.63) is 0 Å². The van der Waals surface area contributed by atoms with Gasteiger partial charge in [-0.3, -0.25) is 9.59 Å². The Morgan fingerprint density at radius 2 is 2.18 bits per heavy atom. The fourth-order valence-corrected chi connectivity index (χ4v) is 2.77. The fraction of sp³-hybridized carbons (Fsp3) is 0.833. The van der Waals surface area contributed by atoms with Gasteiger partial charge in [0, 0.05) is 6.04 Å². The van der Waals surface area contributed by atoms with Crippen LogP contribution in [0.25, 0.3) is 0 Å². The number of hydrogen-bond acceptors (Lipinski definition) is 3. The van der Waals surface area contributed by atoms with E-state index in [1.807, 2.05) is 6.92 Å². The number of hydrogen-bond donors (Lipinski definition) is 3. The summed E-state index contributed by atoms with van der Waals surface area (Å²) in [7, 11) is 0. The number of carbonyl (C=O) groups is 2. The van der Waals surface area contributed by atoms with Crippen molar-refractivity contribution in [3.63, 3.8) is 0 Å². The average molecular weight is 240 g/mol. The third kappa shape index (κ3) is 2.60. The van der Waals surface area contributed by atoms with Crippen molar-refractivity contribution in [3.8, 4) is 0 Å². The second-order valence-electron chi connectivity index (χ2n) is 5.38. The molecule has 2 fully saturated rings. The molecule has 0 aromatic rings. The summed E-state index contributed by atoms with van der Waals surface area (Å²) in [6, 6.07) is 0.0304. The van der Waals surface area contributed by atoms with Crippen LogP contribution in [0.2, 0.25) is 0 Å². The van der Waals surface area contributed by atoms with Crippen molar-refractivity contribution < 1.29 is 14.7 Å². The Bertz CT molecular complexity index is 324. The van der Waals surface area contributed by atoms with Crippen LogP contribution in [-0.2, 0) is 9.59 Å². The molecule has 1 amide bonds. The summed E-state index contributed by atoms with van der Waals surface area (Å²) in [5.74, 6) is -1.01. The Morgan fingerprint density at radius 3 is 2.71 bits per heavy atom. The molecule has 3 atom stereocenters. The molecule has 0 spiro atoms. The Balaban J connectivity index is 1.86. The van der Waals surface area contributed by atoms with E-state index in [4.69, 9.17) is 5.11 Å². The van der Waals surface area contributed by atoms with Gasteiger partial charge in [-0.1, -0.05) is 0 Å². The van der Waals surface area contributed by atoms with E-state index in [2.05, 4.69) is 10.6 Å². The molecule has 1 heterocycles. The quantitative estimate of drug-likeness (QED) is 0.671. The highest BCUT2D eigenvalue weighted by molar-refractivity contribution is 5.86. The van der Waals surface area contributed by atoms with Crippen LogP contribution in [0.15, 0.2) is 0 Å². The zero-order valence-electron chi connectivity index (χ0n) is 10.2. The molecular weight excluding hydrogens is 220 g/mol. The van der Waals surface area contributed by atoms with Crippen LogP contribution >= 0.6 is 0 Å². The first-order valence-corrected chi connectivity index (χ1v) is 6.30. The van der Waals surface area contributed by atoms with Crippen LogP contribution in [0, 0.1) is 5.92 Å². The molecule has 3 unspecified atom stereocenters. The minimum Gasteiger partial charge on any atom is -0.481 e. The lowest BCUT2D eigenvalue weighted by atomic mass is 9.98. The van der Waals surface area contributed by atoms with Gasteiger partial charge >= 0.3 is 5.97 Å². The number of carboxylic acids is 1. The van der Waals surface area contributed by atoms with E-state index in [1.54, 1.807) is 0 Å². The van der Waals surface area contributed by atoms with E-state index < -0.39 is 11.5 Å². The SMILES string of the molecule is CC1(C(=O)NC2CCC(C(=O)O)C2)CCCN1. The maximum atomic E-state index is 12.1. The van der Waals surface area contributed by atoms with Gasteiger partial charge in [0.15, 0.2) is 0 Å². The van der Waals surface area contributed by atoms with Gasteiger partial charge in [-0.2, -0.15) is 0 Å². The Labute approximate surface area is 101 Å². The highest BCUT2D eigenvalue weighted by Crippen LogP contribution is 2.27. The first-order valence-electron chi connectivity index (χ1n) is 6.30. The molecule has 2 aliphatic rings. The molecule has 1 aliphatic carbocycles. The van der Waals surface area contributed by atoms with E-state index in [0.29, 0.717) is 12.8 Å². The standard InChI is InChI=1S/C12H20N2O3/c1-12(5-2-6-13-12)11(17)14-9-4-3-8(7-9)10(15)16/h8-9,13H,2-7H2,1H3,(H,14,17)(H,15,16). The highest BCUT2D eigenvalue weighted by Gasteiger charge is 2.38. The lowest BCUT2D eigenvalue weighted by Gasteiger charge is -2.25. The number of carbonyl (C=O) groups excluding carboxylic acids is 1. The Hall–Kier alpha value is -1.10.